The first kappa shape index (κ1) is 23.6. The van der Waals surface area contributed by atoms with Crippen LogP contribution in [0.15, 0.2) is 42.6 Å². The van der Waals surface area contributed by atoms with E-state index in [0.29, 0.717) is 28.9 Å². The molecule has 3 aliphatic rings. The zero-order valence-electron chi connectivity index (χ0n) is 20.7. The van der Waals surface area contributed by atoms with Gasteiger partial charge in [-0.15, -0.1) is 0 Å². The monoisotopic (exact) mass is 500 g/mol. The van der Waals surface area contributed by atoms with Crippen molar-refractivity contribution in [3.8, 4) is 22.4 Å². The molecule has 4 aromatic rings. The van der Waals surface area contributed by atoms with Crippen LogP contribution < -0.4 is 5.32 Å². The van der Waals surface area contributed by atoms with Crippen molar-refractivity contribution in [1.29, 1.82) is 0 Å². The second-order valence-corrected chi connectivity index (χ2v) is 10.5. The summed E-state index contributed by atoms with van der Waals surface area (Å²) in [6, 6.07) is 9.41. The van der Waals surface area contributed by atoms with Crippen LogP contribution in [0.3, 0.4) is 0 Å². The van der Waals surface area contributed by atoms with Crippen LogP contribution in [0.2, 0.25) is 0 Å². The van der Waals surface area contributed by atoms with Crippen molar-refractivity contribution >= 4 is 22.4 Å². The minimum absolute atomic E-state index is 0.00989. The van der Waals surface area contributed by atoms with Gasteiger partial charge >= 0.3 is 0 Å². The molecule has 3 aliphatic carbocycles. The zero-order chi connectivity index (χ0) is 25.8. The molecule has 0 saturated heterocycles. The Morgan fingerprint density at radius 3 is 2.41 bits per heavy atom. The Kier molecular flexibility index (Phi) is 5.71. The van der Waals surface area contributed by atoms with Crippen molar-refractivity contribution in [3.63, 3.8) is 0 Å². The molecule has 3 fully saturated rings. The number of aryl methyl sites for hydroxylation is 1. The molecular formula is C30H27F3N4. The number of nitrogens with one attached hydrogen (secondary N) is 2. The van der Waals surface area contributed by atoms with E-state index in [-0.39, 0.29) is 39.7 Å². The van der Waals surface area contributed by atoms with Crippen molar-refractivity contribution in [2.45, 2.75) is 45.6 Å². The Labute approximate surface area is 213 Å². The normalized spacial score (nSPS) is 22.8. The van der Waals surface area contributed by atoms with E-state index in [1.54, 1.807) is 12.1 Å². The number of hydrogen-bond donors (Lipinski definition) is 2. The van der Waals surface area contributed by atoms with E-state index in [9.17, 15) is 8.78 Å². The highest BCUT2D eigenvalue weighted by Gasteiger charge is 2.42. The lowest BCUT2D eigenvalue weighted by molar-refractivity contribution is 0.0926. The Morgan fingerprint density at radius 1 is 1.03 bits per heavy atom. The van der Waals surface area contributed by atoms with Crippen LogP contribution >= 0.6 is 0 Å². The molecular weight excluding hydrogens is 473 g/mol. The third kappa shape index (κ3) is 3.87. The van der Waals surface area contributed by atoms with Gasteiger partial charge in [0.1, 0.15) is 11.6 Å². The summed E-state index contributed by atoms with van der Waals surface area (Å²) in [6.07, 6.45) is 6.11. The van der Waals surface area contributed by atoms with Gasteiger partial charge in [-0.3, -0.25) is 0 Å². The summed E-state index contributed by atoms with van der Waals surface area (Å²) in [7, 11) is 0. The smallest absolute Gasteiger partial charge is 0.223 e. The van der Waals surface area contributed by atoms with Crippen LogP contribution in [0.1, 0.15) is 38.2 Å². The van der Waals surface area contributed by atoms with E-state index >= 15 is 4.39 Å². The lowest BCUT2D eigenvalue weighted by Crippen LogP contribution is -2.47. The number of aromatic amines is 1. The van der Waals surface area contributed by atoms with Crippen molar-refractivity contribution in [2.75, 3.05) is 5.32 Å². The van der Waals surface area contributed by atoms with Gasteiger partial charge in [-0.2, -0.15) is 0 Å². The fourth-order valence-electron chi connectivity index (χ4n) is 6.44. The van der Waals surface area contributed by atoms with Gasteiger partial charge in [-0.1, -0.05) is 36.8 Å². The number of aromatic nitrogens is 2. The quantitative estimate of drug-likeness (QED) is 0.276. The summed E-state index contributed by atoms with van der Waals surface area (Å²) < 4.78 is 45.0. The fraction of sp³-hybridized carbons (Fsp3) is 0.333. The van der Waals surface area contributed by atoms with Crippen molar-refractivity contribution < 1.29 is 13.2 Å². The van der Waals surface area contributed by atoms with Crippen LogP contribution in [0.4, 0.5) is 24.7 Å². The number of halogens is 3. The van der Waals surface area contributed by atoms with E-state index in [1.807, 2.05) is 19.1 Å². The van der Waals surface area contributed by atoms with Gasteiger partial charge in [-0.05, 0) is 62.0 Å². The summed E-state index contributed by atoms with van der Waals surface area (Å²) in [6.45, 7) is 12.1. The Bertz CT molecular complexity index is 1540. The number of pyridine rings is 1. The molecule has 188 valence electrons. The second-order valence-electron chi connectivity index (χ2n) is 10.5. The number of fused-ring (bicyclic) bond motifs is 4. The predicted octanol–water partition coefficient (Wildman–Crippen LogP) is 8.41. The third-order valence-corrected chi connectivity index (χ3v) is 8.46. The molecule has 0 radical (unpaired) electrons. The number of anilines is 1. The highest BCUT2D eigenvalue weighted by atomic mass is 19.1. The van der Waals surface area contributed by atoms with Gasteiger partial charge in [0.2, 0.25) is 5.69 Å². The highest BCUT2D eigenvalue weighted by molar-refractivity contribution is 6.01. The van der Waals surface area contributed by atoms with Crippen molar-refractivity contribution in [1.82, 2.24) is 9.97 Å². The molecule has 0 spiro atoms. The summed E-state index contributed by atoms with van der Waals surface area (Å²) in [4.78, 5) is 11.2. The van der Waals surface area contributed by atoms with Crippen molar-refractivity contribution in [3.05, 3.63) is 77.0 Å². The van der Waals surface area contributed by atoms with Crippen molar-refractivity contribution in [2.24, 2.45) is 17.8 Å². The summed E-state index contributed by atoms with van der Waals surface area (Å²) in [5, 5.41) is 3.69. The first-order valence-corrected chi connectivity index (χ1v) is 12.8. The summed E-state index contributed by atoms with van der Waals surface area (Å²) in [5.74, 6) is -0.568. The SMILES string of the molecule is [C-]#[N+]c1c(-c2c[nH]c3c(F)cc(F)cc23)nc(NC2C3CCC(CC3)C2C)c(F)c1-c1ccc(C)cc1. The molecule has 37 heavy (non-hydrogen) atoms. The molecule has 7 heteroatoms. The molecule has 4 nitrogen and oxygen atoms in total. The van der Waals surface area contributed by atoms with E-state index in [0.717, 1.165) is 24.5 Å². The molecule has 0 aliphatic heterocycles. The first-order valence-electron chi connectivity index (χ1n) is 12.8. The standard InChI is InChI=1S/C30H27F3N4/c1-15-4-6-18(7-5-15)24-25(33)30(36-26-16(2)17-8-10-19(26)11-9-17)37-28(29(24)34-3)22-14-35-27-21(22)12-20(31)13-23(27)32/h4-7,12-14,16-17,19,26,35H,8-11H2,1-2H3,(H,36,37). The van der Waals surface area contributed by atoms with Crippen LogP contribution in [0.5, 0.6) is 0 Å². The minimum atomic E-state index is -0.739. The van der Waals surface area contributed by atoms with Gasteiger partial charge in [0.15, 0.2) is 11.6 Å². The number of hydrogen-bond acceptors (Lipinski definition) is 2. The number of benzene rings is 2. The van der Waals surface area contributed by atoms with Crippen LogP contribution in [0.25, 0.3) is 38.1 Å². The van der Waals surface area contributed by atoms with E-state index in [1.165, 1.54) is 25.1 Å². The topological polar surface area (TPSA) is 45.1 Å². The molecule has 2 bridgehead atoms. The van der Waals surface area contributed by atoms with Gasteiger partial charge < -0.3 is 10.3 Å². The Balaban J connectivity index is 1.58. The number of rotatable bonds is 4. The molecule has 3 saturated carbocycles. The average Bonchev–Trinajstić information content (AvgIpc) is 3.31. The largest absolute Gasteiger partial charge is 0.364 e. The fourth-order valence-corrected chi connectivity index (χ4v) is 6.44. The molecule has 0 amide bonds. The molecule has 2 aromatic carbocycles. The third-order valence-electron chi connectivity index (χ3n) is 8.46. The van der Waals surface area contributed by atoms with Gasteiger partial charge in [0, 0.05) is 34.8 Å². The maximum atomic E-state index is 16.3. The molecule has 2 atom stereocenters. The molecule has 7 rings (SSSR count). The lowest BCUT2D eigenvalue weighted by atomic mass is 9.62. The highest BCUT2D eigenvalue weighted by Crippen LogP contribution is 2.48. The molecule has 2 heterocycles. The molecule has 2 aromatic heterocycles. The van der Waals surface area contributed by atoms with Gasteiger partial charge in [0.25, 0.3) is 0 Å². The van der Waals surface area contributed by atoms with Crippen LogP contribution in [-0.2, 0) is 0 Å². The number of nitrogens with zero attached hydrogens (tertiary/aromatic N) is 2. The summed E-state index contributed by atoms with van der Waals surface area (Å²) in [5.41, 5.74) is 2.38. The van der Waals surface area contributed by atoms with E-state index < -0.39 is 17.5 Å². The zero-order valence-corrected chi connectivity index (χ0v) is 20.7. The molecule has 2 N–H and O–H groups in total. The van der Waals surface area contributed by atoms with E-state index in [4.69, 9.17) is 6.57 Å². The van der Waals surface area contributed by atoms with E-state index in [2.05, 4.69) is 27.1 Å². The van der Waals surface area contributed by atoms with Crippen LogP contribution in [-0.4, -0.2) is 16.0 Å². The van der Waals surface area contributed by atoms with Gasteiger partial charge in [-0.25, -0.2) is 23.0 Å². The molecule has 2 unspecified atom stereocenters. The second kappa shape index (κ2) is 8.95. The summed E-state index contributed by atoms with van der Waals surface area (Å²) >= 11 is 0. The Morgan fingerprint density at radius 2 is 1.73 bits per heavy atom. The predicted molar refractivity (Wildman–Crippen MR) is 140 cm³/mol. The minimum Gasteiger partial charge on any atom is -0.364 e. The van der Waals surface area contributed by atoms with Gasteiger partial charge in [0.05, 0.1) is 17.8 Å². The lowest BCUT2D eigenvalue weighted by Gasteiger charge is -2.47. The number of H-pyrrole nitrogens is 1. The average molecular weight is 501 g/mol. The maximum Gasteiger partial charge on any atom is 0.223 e. The Hall–Kier alpha value is -3.79. The maximum absolute atomic E-state index is 16.3. The van der Waals surface area contributed by atoms with Crippen LogP contribution in [0, 0.1) is 48.7 Å². The first-order chi connectivity index (χ1) is 17.9.